The molecule has 2 aliphatic rings. The van der Waals surface area contributed by atoms with Crippen molar-refractivity contribution in [3.63, 3.8) is 0 Å². The van der Waals surface area contributed by atoms with Crippen molar-refractivity contribution in [1.82, 2.24) is 14.8 Å². The second kappa shape index (κ2) is 4.16. The molecule has 0 saturated carbocycles. The zero-order chi connectivity index (χ0) is 14.6. The summed E-state index contributed by atoms with van der Waals surface area (Å²) < 4.78 is 1.87. The molecule has 0 bridgehead atoms. The predicted octanol–water partition coefficient (Wildman–Crippen LogP) is 0.808. The van der Waals surface area contributed by atoms with Gasteiger partial charge in [0.1, 0.15) is 11.4 Å². The van der Waals surface area contributed by atoms with Crippen LogP contribution in [-0.2, 0) is 4.79 Å². The number of rotatable bonds is 2. The molecule has 1 saturated heterocycles. The molecule has 1 fully saturated rings. The predicted molar refractivity (Wildman–Crippen MR) is 71.8 cm³/mol. The van der Waals surface area contributed by atoms with Gasteiger partial charge in [0.25, 0.3) is 5.91 Å². The van der Waals surface area contributed by atoms with E-state index in [9.17, 15) is 9.59 Å². The molecular weight excluding hydrogens is 258 g/mol. The lowest BCUT2D eigenvalue weighted by atomic mass is 10.1. The number of aryl methyl sites for hydroxylation is 1. The summed E-state index contributed by atoms with van der Waals surface area (Å²) in [4.78, 5) is 35.2. The van der Waals surface area contributed by atoms with Crippen LogP contribution >= 0.6 is 0 Å². The largest absolute Gasteiger partial charge is 0.399 e. The third-order valence-electron chi connectivity index (χ3n) is 3.96. The summed E-state index contributed by atoms with van der Waals surface area (Å²) in [6.45, 7) is 6.27. The van der Waals surface area contributed by atoms with Crippen LogP contribution in [0, 0.1) is 13.8 Å². The van der Waals surface area contributed by atoms with Crippen molar-refractivity contribution < 1.29 is 14.2 Å². The van der Waals surface area contributed by atoms with E-state index in [-0.39, 0.29) is 11.9 Å². The number of H-pyrrole nitrogens is 1. The van der Waals surface area contributed by atoms with Crippen molar-refractivity contribution in [3.05, 3.63) is 11.4 Å². The maximum atomic E-state index is 12.6. The second-order valence-electron chi connectivity index (χ2n) is 5.23. The summed E-state index contributed by atoms with van der Waals surface area (Å²) in [6.07, 6.45) is 0.743. The Morgan fingerprint density at radius 3 is 2.70 bits per heavy atom. The summed E-state index contributed by atoms with van der Waals surface area (Å²) in [6, 6.07) is -0.823. The highest BCUT2D eigenvalue weighted by atomic mass is 16.2. The Bertz CT molecular complexity index is 645. The first-order valence-electron chi connectivity index (χ1n) is 6.75. The molecule has 106 valence electrons. The fraction of sp³-hybridized carbons (Fsp3) is 0.538. The van der Waals surface area contributed by atoms with Crippen LogP contribution in [0.1, 0.15) is 30.8 Å². The fourth-order valence-electron chi connectivity index (χ4n) is 2.77. The summed E-state index contributed by atoms with van der Waals surface area (Å²) in [5.74, 6) is 0.938. The molecule has 1 aromatic rings. The van der Waals surface area contributed by atoms with E-state index >= 15 is 0 Å². The number of carbonyl (C=O) groups excluding carboxylic acids is 2. The van der Waals surface area contributed by atoms with Crippen LogP contribution in [0.15, 0.2) is 4.99 Å². The first kappa shape index (κ1) is 12.8. The number of amides is 3. The molecule has 7 heteroatoms. The average molecular weight is 276 g/mol. The highest BCUT2D eigenvalue weighted by Crippen LogP contribution is 2.28. The standard InChI is InChI=1S/C13H17N5O2/c1-5-6-17-11(19)9-10(16(4)13(17)20)15-12-14-7(2)8(3)18(9)12/h9H,5-6H2,1-4H3/p+1. The van der Waals surface area contributed by atoms with Gasteiger partial charge in [-0.1, -0.05) is 11.9 Å². The van der Waals surface area contributed by atoms with Crippen LogP contribution in [0.2, 0.25) is 0 Å². The highest BCUT2D eigenvalue weighted by molar-refractivity contribution is 6.19. The van der Waals surface area contributed by atoms with Gasteiger partial charge in [-0.3, -0.25) is 14.6 Å². The molecule has 3 rings (SSSR count). The van der Waals surface area contributed by atoms with Crippen molar-refractivity contribution in [1.29, 1.82) is 0 Å². The lowest BCUT2D eigenvalue weighted by molar-refractivity contribution is -0.682. The molecule has 0 spiro atoms. The minimum Gasteiger partial charge on any atom is -0.270 e. The van der Waals surface area contributed by atoms with E-state index in [1.165, 1.54) is 9.80 Å². The summed E-state index contributed by atoms with van der Waals surface area (Å²) in [5.41, 5.74) is 1.95. The van der Waals surface area contributed by atoms with Gasteiger partial charge in [0.15, 0.2) is 0 Å². The molecule has 1 atom stereocenters. The fourth-order valence-corrected chi connectivity index (χ4v) is 2.77. The maximum absolute atomic E-state index is 12.6. The second-order valence-corrected chi connectivity index (χ2v) is 5.23. The van der Waals surface area contributed by atoms with Gasteiger partial charge in [0.2, 0.25) is 11.9 Å². The van der Waals surface area contributed by atoms with Crippen LogP contribution < -0.4 is 4.57 Å². The van der Waals surface area contributed by atoms with Crippen molar-refractivity contribution in [2.75, 3.05) is 13.6 Å². The Morgan fingerprint density at radius 2 is 2.05 bits per heavy atom. The van der Waals surface area contributed by atoms with Crippen molar-refractivity contribution in [2.45, 2.75) is 33.2 Å². The number of aliphatic imine (C=N–C) groups is 1. The summed E-state index contributed by atoms with van der Waals surface area (Å²) >= 11 is 0. The molecule has 3 heterocycles. The number of likely N-dealkylation sites (N-methyl/N-ethyl adjacent to an activating group) is 1. The van der Waals surface area contributed by atoms with Gasteiger partial charge >= 0.3 is 12.0 Å². The maximum Gasteiger partial charge on any atom is 0.399 e. The van der Waals surface area contributed by atoms with Gasteiger partial charge in [-0.05, 0) is 20.3 Å². The Hall–Kier alpha value is -2.18. The summed E-state index contributed by atoms with van der Waals surface area (Å²) in [5, 5.41) is 0. The number of aromatic amines is 1. The number of aromatic nitrogens is 2. The molecule has 2 aliphatic heterocycles. The van der Waals surface area contributed by atoms with Crippen LogP contribution in [0.4, 0.5) is 10.7 Å². The Kier molecular flexibility index (Phi) is 2.67. The minimum absolute atomic E-state index is 0.195. The minimum atomic E-state index is -0.524. The Labute approximate surface area is 116 Å². The lowest BCUT2D eigenvalue weighted by Crippen LogP contribution is -2.63. The van der Waals surface area contributed by atoms with E-state index in [1.807, 2.05) is 25.3 Å². The van der Waals surface area contributed by atoms with Crippen LogP contribution in [0.25, 0.3) is 0 Å². The van der Waals surface area contributed by atoms with Crippen molar-refractivity contribution in [3.8, 4) is 0 Å². The van der Waals surface area contributed by atoms with Gasteiger partial charge in [0, 0.05) is 13.6 Å². The normalized spacial score (nSPS) is 21.2. The molecule has 3 amide bonds. The molecule has 20 heavy (non-hydrogen) atoms. The molecule has 0 aromatic carbocycles. The monoisotopic (exact) mass is 276 g/mol. The van der Waals surface area contributed by atoms with E-state index in [1.54, 1.807) is 7.05 Å². The number of hydrogen-bond donors (Lipinski definition) is 1. The number of fused-ring (bicyclic) bond motifs is 3. The van der Waals surface area contributed by atoms with E-state index in [0.717, 1.165) is 17.8 Å². The molecule has 0 aliphatic carbocycles. The number of imide groups is 1. The Balaban J connectivity index is 2.11. The average Bonchev–Trinajstić information content (AvgIpc) is 2.91. The van der Waals surface area contributed by atoms with Crippen LogP contribution in [0.3, 0.4) is 0 Å². The molecule has 1 N–H and O–H groups in total. The van der Waals surface area contributed by atoms with Crippen molar-refractivity contribution in [2.24, 2.45) is 4.99 Å². The van der Waals surface area contributed by atoms with Crippen molar-refractivity contribution >= 4 is 23.7 Å². The smallest absolute Gasteiger partial charge is 0.270 e. The number of hydrogen-bond acceptors (Lipinski definition) is 3. The number of nitrogens with one attached hydrogen (secondary N) is 1. The van der Waals surface area contributed by atoms with E-state index in [2.05, 4.69) is 9.98 Å². The van der Waals surface area contributed by atoms with Crippen LogP contribution in [0.5, 0.6) is 0 Å². The van der Waals surface area contributed by atoms with Gasteiger partial charge < -0.3 is 0 Å². The van der Waals surface area contributed by atoms with Crippen LogP contribution in [-0.4, -0.2) is 46.2 Å². The third-order valence-corrected chi connectivity index (χ3v) is 3.96. The quantitative estimate of drug-likeness (QED) is 0.812. The van der Waals surface area contributed by atoms with E-state index in [4.69, 9.17) is 0 Å². The third kappa shape index (κ3) is 1.46. The zero-order valence-corrected chi connectivity index (χ0v) is 12.1. The van der Waals surface area contributed by atoms with E-state index < -0.39 is 6.04 Å². The molecule has 1 unspecified atom stereocenters. The highest BCUT2D eigenvalue weighted by Gasteiger charge is 2.52. The first-order chi connectivity index (χ1) is 9.47. The van der Waals surface area contributed by atoms with Gasteiger partial charge in [-0.15, -0.1) is 0 Å². The molecule has 7 nitrogen and oxygen atoms in total. The zero-order valence-electron chi connectivity index (χ0n) is 12.1. The topological polar surface area (TPSA) is 72.7 Å². The number of amidine groups is 1. The van der Waals surface area contributed by atoms with E-state index in [0.29, 0.717) is 18.3 Å². The number of carbonyl (C=O) groups is 2. The number of nitrogens with zero attached hydrogens (tertiary/aromatic N) is 4. The number of urea groups is 1. The molecule has 1 aromatic heterocycles. The Morgan fingerprint density at radius 1 is 1.35 bits per heavy atom. The van der Waals surface area contributed by atoms with Gasteiger partial charge in [0.05, 0.1) is 0 Å². The summed E-state index contributed by atoms with van der Waals surface area (Å²) in [7, 11) is 1.66. The lowest BCUT2D eigenvalue weighted by Gasteiger charge is -2.33. The van der Waals surface area contributed by atoms with Gasteiger partial charge in [-0.25, -0.2) is 14.3 Å². The molecule has 0 radical (unpaired) electrons. The number of imidazole rings is 1. The molecular formula is C13H18N5O2+. The van der Waals surface area contributed by atoms with Gasteiger partial charge in [-0.2, -0.15) is 0 Å². The first-order valence-corrected chi connectivity index (χ1v) is 6.75. The SMILES string of the molecule is CCCN1C(=O)C2C(=Nc3[nH]c(C)c(C)[n+]32)N(C)C1=O.